The second-order valence-corrected chi connectivity index (χ2v) is 9.56. The van der Waals surface area contributed by atoms with Crippen molar-refractivity contribution in [3.05, 3.63) is 84.0 Å². The monoisotopic (exact) mass is 510 g/mol. The maximum Gasteiger partial charge on any atom is 0.263 e. The first-order valence-electron chi connectivity index (χ1n) is 10.2. The van der Waals surface area contributed by atoms with Gasteiger partial charge in [0.2, 0.25) is 0 Å². The molecule has 11 heteroatoms. The molecule has 0 aliphatic rings. The number of fused-ring (bicyclic) bond motifs is 1. The van der Waals surface area contributed by atoms with Crippen molar-refractivity contribution < 1.29 is 22.1 Å². The lowest BCUT2D eigenvalue weighted by Gasteiger charge is -2.14. The van der Waals surface area contributed by atoms with Crippen molar-refractivity contribution in [1.29, 1.82) is 0 Å². The maximum absolute atomic E-state index is 13.8. The Morgan fingerprint density at radius 3 is 2.66 bits per heavy atom. The van der Waals surface area contributed by atoms with Gasteiger partial charge in [-0.25, -0.2) is 12.8 Å². The minimum Gasteiger partial charge on any atom is -0.496 e. The largest absolute Gasteiger partial charge is 0.496 e. The van der Waals surface area contributed by atoms with E-state index in [4.69, 9.17) is 16.3 Å². The number of rotatable bonds is 6. The quantitative estimate of drug-likeness (QED) is 0.319. The maximum atomic E-state index is 13.8. The van der Waals surface area contributed by atoms with Gasteiger partial charge in [0.15, 0.2) is 5.82 Å². The number of benzene rings is 3. The molecule has 0 unspecified atom stereocenters. The Balaban J connectivity index is 1.60. The average Bonchev–Trinajstić information content (AvgIpc) is 3.35. The summed E-state index contributed by atoms with van der Waals surface area (Å²) in [5, 5.41) is 13.4. The van der Waals surface area contributed by atoms with Gasteiger partial charge in [0.05, 0.1) is 18.2 Å². The van der Waals surface area contributed by atoms with Gasteiger partial charge in [-0.1, -0.05) is 35.0 Å². The molecule has 35 heavy (non-hydrogen) atoms. The van der Waals surface area contributed by atoms with Crippen LogP contribution in [0.5, 0.6) is 5.75 Å². The van der Waals surface area contributed by atoms with Crippen LogP contribution in [0.25, 0.3) is 33.2 Å². The normalized spacial score (nSPS) is 11.5. The number of nitrogens with one attached hydrogen (secondary N) is 1. The fourth-order valence-corrected chi connectivity index (χ4v) is 4.98. The molecule has 176 valence electrons. The van der Waals surface area contributed by atoms with E-state index >= 15 is 0 Å². The van der Waals surface area contributed by atoms with Crippen LogP contribution in [0.1, 0.15) is 0 Å². The molecule has 0 spiro atoms. The fourth-order valence-electron chi connectivity index (χ4n) is 3.68. The molecule has 0 fully saturated rings. The van der Waals surface area contributed by atoms with Crippen molar-refractivity contribution in [3.63, 3.8) is 0 Å². The van der Waals surface area contributed by atoms with Gasteiger partial charge < -0.3 is 9.26 Å². The van der Waals surface area contributed by atoms with Gasteiger partial charge >= 0.3 is 0 Å². The summed E-state index contributed by atoms with van der Waals surface area (Å²) >= 11 is 6.57. The van der Waals surface area contributed by atoms with Gasteiger partial charge in [0.25, 0.3) is 10.0 Å². The Morgan fingerprint density at radius 1 is 1.06 bits per heavy atom. The first-order chi connectivity index (χ1) is 16.9. The van der Waals surface area contributed by atoms with Crippen LogP contribution in [0.4, 0.5) is 10.2 Å². The van der Waals surface area contributed by atoms with Crippen molar-refractivity contribution in [3.8, 4) is 28.1 Å². The van der Waals surface area contributed by atoms with E-state index in [0.29, 0.717) is 43.9 Å². The second kappa shape index (κ2) is 8.97. The number of anilines is 1. The van der Waals surface area contributed by atoms with Crippen LogP contribution in [-0.2, 0) is 10.0 Å². The summed E-state index contributed by atoms with van der Waals surface area (Å²) in [7, 11) is -2.41. The summed E-state index contributed by atoms with van der Waals surface area (Å²) < 4.78 is 51.9. The Bertz CT molecular complexity index is 1660. The van der Waals surface area contributed by atoms with Crippen LogP contribution in [0, 0.1) is 5.82 Å². The van der Waals surface area contributed by atoms with E-state index in [9.17, 15) is 12.8 Å². The Labute approximate surface area is 204 Å². The highest BCUT2D eigenvalue weighted by atomic mass is 35.5. The highest BCUT2D eigenvalue weighted by Gasteiger charge is 2.20. The molecule has 5 rings (SSSR count). The zero-order valence-corrected chi connectivity index (χ0v) is 19.6. The molecule has 0 aliphatic heterocycles. The number of hydrogen-bond donors (Lipinski definition) is 1. The van der Waals surface area contributed by atoms with Crippen LogP contribution < -0.4 is 9.46 Å². The van der Waals surface area contributed by atoms with E-state index in [1.807, 2.05) is 0 Å². The predicted octanol–water partition coefficient (Wildman–Crippen LogP) is 5.55. The molecule has 0 saturated carbocycles. The number of hydrogen-bond acceptors (Lipinski definition) is 7. The Kier molecular flexibility index (Phi) is 5.83. The number of ether oxygens (including phenoxy) is 1. The van der Waals surface area contributed by atoms with Gasteiger partial charge in [-0.15, -0.1) is 5.10 Å². The van der Waals surface area contributed by atoms with Gasteiger partial charge in [-0.3, -0.25) is 4.72 Å². The van der Waals surface area contributed by atoms with Crippen LogP contribution in [0.2, 0.25) is 5.02 Å². The molecule has 0 atom stereocenters. The molecule has 2 aromatic heterocycles. The fraction of sp³-hybridized carbons (Fsp3) is 0.0417. The van der Waals surface area contributed by atoms with E-state index in [1.165, 1.54) is 49.9 Å². The molecular formula is C24H16ClFN4O4S. The average molecular weight is 511 g/mol. The van der Waals surface area contributed by atoms with Crippen molar-refractivity contribution >= 4 is 38.2 Å². The van der Waals surface area contributed by atoms with Crippen LogP contribution in [0.15, 0.2) is 82.5 Å². The first kappa shape index (κ1) is 22.8. The molecule has 8 nitrogen and oxygen atoms in total. The van der Waals surface area contributed by atoms with Gasteiger partial charge in [-0.05, 0) is 42.0 Å². The van der Waals surface area contributed by atoms with Crippen molar-refractivity contribution in [2.75, 3.05) is 11.8 Å². The number of halogens is 2. The van der Waals surface area contributed by atoms with E-state index in [1.54, 1.807) is 30.3 Å². The minimum absolute atomic E-state index is 0.0124. The van der Waals surface area contributed by atoms with Crippen molar-refractivity contribution in [2.24, 2.45) is 0 Å². The highest BCUT2D eigenvalue weighted by Crippen LogP contribution is 2.40. The van der Waals surface area contributed by atoms with E-state index in [-0.39, 0.29) is 16.5 Å². The van der Waals surface area contributed by atoms with Crippen molar-refractivity contribution in [1.82, 2.24) is 15.4 Å². The zero-order chi connectivity index (χ0) is 24.6. The smallest absolute Gasteiger partial charge is 0.263 e. The lowest BCUT2D eigenvalue weighted by Crippen LogP contribution is -2.13. The molecule has 0 radical (unpaired) electrons. The zero-order valence-electron chi connectivity index (χ0n) is 18.1. The minimum atomic E-state index is -3.91. The predicted molar refractivity (Wildman–Crippen MR) is 129 cm³/mol. The molecule has 2 heterocycles. The second-order valence-electron chi connectivity index (χ2n) is 7.48. The first-order valence-corrected chi connectivity index (χ1v) is 12.0. The Morgan fingerprint density at radius 2 is 1.91 bits per heavy atom. The van der Waals surface area contributed by atoms with Crippen LogP contribution in [-0.4, -0.2) is 30.9 Å². The number of sulfonamides is 1. The van der Waals surface area contributed by atoms with E-state index in [2.05, 4.69) is 24.6 Å². The molecule has 0 amide bonds. The third-order valence-corrected chi connectivity index (χ3v) is 6.96. The van der Waals surface area contributed by atoms with Crippen molar-refractivity contribution in [2.45, 2.75) is 4.90 Å². The topological polar surface area (TPSA) is 107 Å². The number of methoxy groups -OCH3 is 1. The standard InChI is InChI=1S/C24H16ClFN4O4S/c1-33-22-12-19(14-3-2-4-16(26)9-14)21(25)11-20(22)24-18-6-5-17(10-15(18)13-27-28-24)35(31,32)30-23-7-8-34-29-23/h2-13H,1H3,(H,29,30). The van der Waals surface area contributed by atoms with Gasteiger partial charge in [0, 0.05) is 33.0 Å². The molecule has 3 aromatic carbocycles. The van der Waals surface area contributed by atoms with Crippen LogP contribution in [0.3, 0.4) is 0 Å². The molecule has 0 bridgehead atoms. The van der Waals surface area contributed by atoms with Gasteiger partial charge in [0.1, 0.15) is 23.5 Å². The molecular weight excluding hydrogens is 495 g/mol. The molecule has 5 aromatic rings. The lowest BCUT2D eigenvalue weighted by molar-refractivity contribution is 0.416. The van der Waals surface area contributed by atoms with Crippen LogP contribution >= 0.6 is 11.6 Å². The van der Waals surface area contributed by atoms with E-state index in [0.717, 1.165) is 0 Å². The number of aromatic nitrogens is 3. The molecule has 1 N–H and O–H groups in total. The SMILES string of the molecule is COc1cc(-c2cccc(F)c2)c(Cl)cc1-c1nncc2cc(S(=O)(=O)Nc3ccon3)ccc12. The van der Waals surface area contributed by atoms with Gasteiger partial charge in [-0.2, -0.15) is 5.10 Å². The third kappa shape index (κ3) is 4.41. The number of nitrogens with zero attached hydrogens (tertiary/aromatic N) is 3. The summed E-state index contributed by atoms with van der Waals surface area (Å²) in [5.74, 6) is 0.126. The highest BCUT2D eigenvalue weighted by molar-refractivity contribution is 7.92. The molecule has 0 saturated heterocycles. The summed E-state index contributed by atoms with van der Waals surface area (Å²) in [6, 6.07) is 15.4. The summed E-state index contributed by atoms with van der Waals surface area (Å²) in [6.45, 7) is 0. The lowest BCUT2D eigenvalue weighted by atomic mass is 9.99. The summed E-state index contributed by atoms with van der Waals surface area (Å²) in [6.07, 6.45) is 2.72. The summed E-state index contributed by atoms with van der Waals surface area (Å²) in [4.78, 5) is 0.0124. The third-order valence-electron chi connectivity index (χ3n) is 5.30. The molecule has 0 aliphatic carbocycles. The van der Waals surface area contributed by atoms with E-state index < -0.39 is 10.0 Å². The Hall–Kier alpha value is -4.02. The summed E-state index contributed by atoms with van der Waals surface area (Å²) in [5.41, 5.74) is 2.18.